The topological polar surface area (TPSA) is 112 Å². The van der Waals surface area contributed by atoms with E-state index < -0.39 is 11.4 Å². The fraction of sp³-hybridized carbons (Fsp3) is 0.292. The Kier molecular flexibility index (Phi) is 7.26. The fourth-order valence-electron chi connectivity index (χ4n) is 3.47. The molecule has 176 valence electrons. The number of aromatic nitrogens is 4. The Morgan fingerprint density at radius 3 is 2.76 bits per heavy atom. The van der Waals surface area contributed by atoms with Crippen LogP contribution in [0.1, 0.15) is 25.2 Å². The number of aryl methyl sites for hydroxylation is 1. The van der Waals surface area contributed by atoms with E-state index in [0.29, 0.717) is 30.2 Å². The number of unbranched alkanes of at least 4 members (excludes halogenated alkanes) is 2. The van der Waals surface area contributed by atoms with Gasteiger partial charge in [0.2, 0.25) is 17.6 Å². The SMILES string of the molecule is COc1ccc(-c2noc(CCCCCNC(=O)Cn3cnc4ccc(F)cc4c3=O)n2)cc1. The Labute approximate surface area is 194 Å². The van der Waals surface area contributed by atoms with Crippen LogP contribution in [-0.4, -0.2) is 39.3 Å². The second-order valence-electron chi connectivity index (χ2n) is 7.74. The number of carbonyl (C=O) groups excluding carboxylic acids is 1. The number of rotatable bonds is 10. The molecule has 2 aromatic carbocycles. The number of carbonyl (C=O) groups is 1. The lowest BCUT2D eigenvalue weighted by Gasteiger charge is -2.08. The van der Waals surface area contributed by atoms with Crippen LogP contribution in [-0.2, 0) is 17.8 Å². The lowest BCUT2D eigenvalue weighted by Crippen LogP contribution is -2.33. The Balaban J connectivity index is 1.18. The zero-order valence-corrected chi connectivity index (χ0v) is 18.7. The largest absolute Gasteiger partial charge is 0.497 e. The molecule has 2 heterocycles. The molecule has 0 aliphatic heterocycles. The molecular formula is C24H24FN5O4. The van der Waals surface area contributed by atoms with E-state index in [-0.39, 0.29) is 17.8 Å². The van der Waals surface area contributed by atoms with Crippen LogP contribution in [0.2, 0.25) is 0 Å². The third-order valence-electron chi connectivity index (χ3n) is 5.31. The Hall–Kier alpha value is -4.08. The van der Waals surface area contributed by atoms with Gasteiger partial charge >= 0.3 is 0 Å². The predicted octanol–water partition coefficient (Wildman–Crippen LogP) is 3.12. The van der Waals surface area contributed by atoms with Crippen molar-refractivity contribution in [2.24, 2.45) is 0 Å². The van der Waals surface area contributed by atoms with Crippen molar-refractivity contribution in [2.45, 2.75) is 32.2 Å². The molecule has 0 aliphatic rings. The molecule has 2 aromatic heterocycles. The van der Waals surface area contributed by atoms with Gasteiger partial charge in [0.1, 0.15) is 18.1 Å². The van der Waals surface area contributed by atoms with Gasteiger partial charge in [-0.1, -0.05) is 11.6 Å². The lowest BCUT2D eigenvalue weighted by molar-refractivity contribution is -0.121. The van der Waals surface area contributed by atoms with Crippen LogP contribution in [0.5, 0.6) is 5.75 Å². The van der Waals surface area contributed by atoms with E-state index in [2.05, 4.69) is 20.4 Å². The number of halogens is 1. The summed E-state index contributed by atoms with van der Waals surface area (Å²) in [6.45, 7) is 0.304. The van der Waals surface area contributed by atoms with Crippen LogP contribution >= 0.6 is 0 Å². The first kappa shape index (κ1) is 23.1. The van der Waals surface area contributed by atoms with Gasteiger partial charge in [0.25, 0.3) is 5.56 Å². The van der Waals surface area contributed by atoms with Gasteiger partial charge in [0.15, 0.2) is 0 Å². The summed E-state index contributed by atoms with van der Waals surface area (Å²) in [5.41, 5.74) is 0.790. The Bertz CT molecular complexity index is 1330. The summed E-state index contributed by atoms with van der Waals surface area (Å²) in [7, 11) is 1.61. The van der Waals surface area contributed by atoms with E-state index >= 15 is 0 Å². The van der Waals surface area contributed by atoms with Crippen molar-refractivity contribution in [2.75, 3.05) is 13.7 Å². The summed E-state index contributed by atoms with van der Waals surface area (Å²) in [6, 6.07) is 11.2. The van der Waals surface area contributed by atoms with Gasteiger partial charge in [-0.05, 0) is 55.3 Å². The number of hydrogen-bond donors (Lipinski definition) is 1. The first-order valence-corrected chi connectivity index (χ1v) is 10.9. The van der Waals surface area contributed by atoms with E-state index in [1.54, 1.807) is 7.11 Å². The molecule has 0 saturated heterocycles. The molecule has 1 N–H and O–H groups in total. The number of hydrogen-bond acceptors (Lipinski definition) is 7. The minimum atomic E-state index is -0.522. The summed E-state index contributed by atoms with van der Waals surface area (Å²) in [5.74, 6) is 1.03. The molecule has 10 heteroatoms. The van der Waals surface area contributed by atoms with Crippen molar-refractivity contribution in [1.82, 2.24) is 25.0 Å². The maximum Gasteiger partial charge on any atom is 0.261 e. The van der Waals surface area contributed by atoms with Crippen LogP contribution in [0, 0.1) is 5.82 Å². The normalized spacial score (nSPS) is 11.0. The third kappa shape index (κ3) is 5.64. The highest BCUT2D eigenvalue weighted by Crippen LogP contribution is 2.20. The molecule has 0 atom stereocenters. The summed E-state index contributed by atoms with van der Waals surface area (Å²) >= 11 is 0. The molecule has 0 aliphatic carbocycles. The Morgan fingerprint density at radius 1 is 1.15 bits per heavy atom. The van der Waals surface area contributed by atoms with Crippen molar-refractivity contribution in [3.05, 3.63) is 70.9 Å². The molecule has 4 rings (SSSR count). The average Bonchev–Trinajstić information content (AvgIpc) is 3.32. The molecular weight excluding hydrogens is 441 g/mol. The van der Waals surface area contributed by atoms with Gasteiger partial charge in [0, 0.05) is 18.5 Å². The van der Waals surface area contributed by atoms with Crippen molar-refractivity contribution < 1.29 is 18.4 Å². The number of ether oxygens (including phenoxy) is 1. The second-order valence-corrected chi connectivity index (χ2v) is 7.74. The van der Waals surface area contributed by atoms with Gasteiger partial charge in [-0.3, -0.25) is 14.2 Å². The van der Waals surface area contributed by atoms with Crippen LogP contribution < -0.4 is 15.6 Å². The minimum absolute atomic E-state index is 0.145. The molecule has 9 nitrogen and oxygen atoms in total. The second kappa shape index (κ2) is 10.7. The van der Waals surface area contributed by atoms with Crippen LogP contribution in [0.3, 0.4) is 0 Å². The maximum atomic E-state index is 13.4. The number of benzene rings is 2. The molecule has 0 fully saturated rings. The molecule has 34 heavy (non-hydrogen) atoms. The highest BCUT2D eigenvalue weighted by atomic mass is 19.1. The predicted molar refractivity (Wildman–Crippen MR) is 123 cm³/mol. The molecule has 1 amide bonds. The molecule has 0 radical (unpaired) electrons. The van der Waals surface area contributed by atoms with E-state index in [9.17, 15) is 14.0 Å². The molecule has 0 saturated carbocycles. The van der Waals surface area contributed by atoms with Gasteiger partial charge in [-0.2, -0.15) is 4.98 Å². The summed E-state index contributed by atoms with van der Waals surface area (Å²) < 4.78 is 25.0. The number of fused-ring (bicyclic) bond motifs is 1. The summed E-state index contributed by atoms with van der Waals surface area (Å²) in [5, 5.41) is 6.95. The van der Waals surface area contributed by atoms with Gasteiger partial charge in [-0.15, -0.1) is 0 Å². The van der Waals surface area contributed by atoms with Crippen molar-refractivity contribution in [3.63, 3.8) is 0 Å². The first-order valence-electron chi connectivity index (χ1n) is 10.9. The molecule has 0 bridgehead atoms. The quantitative estimate of drug-likeness (QED) is 0.358. The van der Waals surface area contributed by atoms with Gasteiger partial charge in [0.05, 0.1) is 24.3 Å². The average molecular weight is 465 g/mol. The maximum absolute atomic E-state index is 13.4. The summed E-state index contributed by atoms with van der Waals surface area (Å²) in [6.07, 6.45) is 4.40. The van der Waals surface area contributed by atoms with E-state index in [4.69, 9.17) is 9.26 Å². The van der Waals surface area contributed by atoms with Crippen molar-refractivity contribution in [1.29, 1.82) is 0 Å². The van der Waals surface area contributed by atoms with E-state index in [1.165, 1.54) is 23.0 Å². The summed E-state index contributed by atoms with van der Waals surface area (Å²) in [4.78, 5) is 33.1. The Morgan fingerprint density at radius 2 is 1.97 bits per heavy atom. The molecule has 0 unspecified atom stereocenters. The molecule has 4 aromatic rings. The minimum Gasteiger partial charge on any atom is -0.497 e. The smallest absolute Gasteiger partial charge is 0.261 e. The van der Waals surface area contributed by atoms with Crippen molar-refractivity contribution >= 4 is 16.8 Å². The number of nitrogens with one attached hydrogen (secondary N) is 1. The van der Waals surface area contributed by atoms with Crippen molar-refractivity contribution in [3.8, 4) is 17.1 Å². The lowest BCUT2D eigenvalue weighted by atomic mass is 10.2. The highest BCUT2D eigenvalue weighted by Gasteiger charge is 2.10. The third-order valence-corrected chi connectivity index (χ3v) is 5.31. The van der Waals surface area contributed by atoms with Crippen LogP contribution in [0.4, 0.5) is 4.39 Å². The van der Waals surface area contributed by atoms with Gasteiger partial charge < -0.3 is 14.6 Å². The number of amides is 1. The van der Waals surface area contributed by atoms with Crippen LogP contribution in [0.25, 0.3) is 22.3 Å². The first-order chi connectivity index (χ1) is 16.5. The number of nitrogens with zero attached hydrogens (tertiary/aromatic N) is 4. The van der Waals surface area contributed by atoms with Crippen LogP contribution in [0.15, 0.2) is 58.1 Å². The van der Waals surface area contributed by atoms with E-state index in [1.807, 2.05) is 24.3 Å². The highest BCUT2D eigenvalue weighted by molar-refractivity contribution is 5.79. The zero-order chi connectivity index (χ0) is 23.9. The molecule has 0 spiro atoms. The number of methoxy groups -OCH3 is 1. The zero-order valence-electron chi connectivity index (χ0n) is 18.7. The fourth-order valence-corrected chi connectivity index (χ4v) is 3.47. The van der Waals surface area contributed by atoms with E-state index in [0.717, 1.165) is 36.6 Å². The van der Waals surface area contributed by atoms with Gasteiger partial charge in [-0.25, -0.2) is 9.37 Å². The standard InChI is InChI=1S/C24H24FN5O4/c1-33-18-9-6-16(7-10-18)23-28-22(34-29-23)5-3-2-4-12-26-21(31)14-30-15-27-20-11-8-17(25)13-19(20)24(30)32/h6-11,13,15H,2-5,12,14H2,1H3,(H,26,31). The monoisotopic (exact) mass is 465 g/mol.